The molecule has 3 fully saturated rings. The van der Waals surface area contributed by atoms with E-state index >= 15 is 0 Å². The van der Waals surface area contributed by atoms with Crippen LogP contribution in [-0.4, -0.2) is 53.4 Å². The van der Waals surface area contributed by atoms with E-state index < -0.39 is 0 Å². The number of nitrogens with one attached hydrogen (secondary N) is 1. The van der Waals surface area contributed by atoms with Crippen LogP contribution < -0.4 is 5.43 Å². The molecule has 1 aromatic heterocycles. The smallest absolute Gasteiger partial charge is 0.259 e. The van der Waals surface area contributed by atoms with Gasteiger partial charge < -0.3 is 14.8 Å². The van der Waals surface area contributed by atoms with Crippen LogP contribution in [0.25, 0.3) is 10.9 Å². The van der Waals surface area contributed by atoms with Crippen molar-refractivity contribution in [2.24, 2.45) is 5.92 Å². The fraction of sp³-hybridized carbons (Fsp3) is 0.444. The molecule has 0 radical (unpaired) electrons. The molecule has 1 N–H and O–H groups in total. The molecule has 6 heteroatoms. The Morgan fingerprint density at radius 2 is 2.08 bits per heavy atom. The Kier molecular flexibility index (Phi) is 3.85. The number of amides is 1. The number of hydrogen-bond acceptors (Lipinski definition) is 3. The Morgan fingerprint density at radius 1 is 1.25 bits per heavy atom. The van der Waals surface area contributed by atoms with Crippen LogP contribution in [0.15, 0.2) is 29.2 Å². The van der Waals surface area contributed by atoms with E-state index in [-0.39, 0.29) is 22.9 Å². The van der Waals surface area contributed by atoms with Crippen molar-refractivity contribution >= 4 is 28.4 Å². The number of aromatic amines is 1. The van der Waals surface area contributed by atoms with Crippen molar-refractivity contribution in [2.45, 2.75) is 18.9 Å². The SMILES string of the molecule is CN1C[C@H]2CC[C@@H](C1)N(C(=O)c1c[nH]c3cc(Cl)ccc3c1=O)C2. The first-order valence-corrected chi connectivity index (χ1v) is 8.71. The monoisotopic (exact) mass is 345 g/mol. The average Bonchev–Trinajstić information content (AvgIpc) is 2.83. The number of benzene rings is 1. The Labute approximate surface area is 145 Å². The van der Waals surface area contributed by atoms with Crippen molar-refractivity contribution in [1.82, 2.24) is 14.8 Å². The van der Waals surface area contributed by atoms with Gasteiger partial charge in [0, 0.05) is 42.3 Å². The van der Waals surface area contributed by atoms with E-state index in [1.807, 2.05) is 4.90 Å². The quantitative estimate of drug-likeness (QED) is 0.863. The number of piperidine rings is 1. The topological polar surface area (TPSA) is 56.4 Å². The molecule has 2 bridgehead atoms. The molecule has 5 nitrogen and oxygen atoms in total. The lowest BCUT2D eigenvalue weighted by atomic mass is 9.94. The summed E-state index contributed by atoms with van der Waals surface area (Å²) in [5, 5.41) is 1.06. The van der Waals surface area contributed by atoms with E-state index in [0.29, 0.717) is 21.8 Å². The summed E-state index contributed by atoms with van der Waals surface area (Å²) < 4.78 is 0. The first kappa shape index (κ1) is 15.7. The second kappa shape index (κ2) is 5.90. The van der Waals surface area contributed by atoms with E-state index in [9.17, 15) is 9.59 Å². The molecule has 24 heavy (non-hydrogen) atoms. The Hall–Kier alpha value is -1.85. The molecule has 3 aliphatic heterocycles. The van der Waals surface area contributed by atoms with Crippen LogP contribution >= 0.6 is 11.6 Å². The highest BCUT2D eigenvalue weighted by Crippen LogP contribution is 2.28. The zero-order valence-electron chi connectivity index (χ0n) is 13.6. The highest BCUT2D eigenvalue weighted by Gasteiger charge is 2.37. The maximum absolute atomic E-state index is 13.0. The number of aromatic nitrogens is 1. The largest absolute Gasteiger partial charge is 0.360 e. The first-order valence-electron chi connectivity index (χ1n) is 8.33. The number of likely N-dealkylation sites (N-methyl/N-ethyl adjacent to an activating group) is 1. The number of H-pyrrole nitrogens is 1. The predicted octanol–water partition coefficient (Wildman–Crippen LogP) is 2.35. The number of fused-ring (bicyclic) bond motifs is 5. The second-order valence-electron chi connectivity index (χ2n) is 7.00. The number of pyridine rings is 1. The summed E-state index contributed by atoms with van der Waals surface area (Å²) in [6.07, 6.45) is 3.71. The third-order valence-electron chi connectivity index (χ3n) is 5.23. The van der Waals surface area contributed by atoms with Gasteiger partial charge in [-0.2, -0.15) is 0 Å². The van der Waals surface area contributed by atoms with E-state index in [2.05, 4.69) is 16.9 Å². The maximum atomic E-state index is 13.0. The van der Waals surface area contributed by atoms with Gasteiger partial charge in [0.2, 0.25) is 5.43 Å². The number of carbonyl (C=O) groups is 1. The number of nitrogens with zero attached hydrogens (tertiary/aromatic N) is 2. The summed E-state index contributed by atoms with van der Waals surface area (Å²) in [5.74, 6) is 0.342. The summed E-state index contributed by atoms with van der Waals surface area (Å²) in [5.41, 5.74) is 0.653. The van der Waals surface area contributed by atoms with Gasteiger partial charge in [-0.3, -0.25) is 9.59 Å². The molecule has 2 aromatic rings. The maximum Gasteiger partial charge on any atom is 0.259 e. The van der Waals surface area contributed by atoms with Gasteiger partial charge in [0.25, 0.3) is 5.91 Å². The Morgan fingerprint density at radius 3 is 2.92 bits per heavy atom. The molecule has 1 amide bonds. The second-order valence-corrected chi connectivity index (χ2v) is 7.43. The van der Waals surface area contributed by atoms with Crippen molar-refractivity contribution in [3.63, 3.8) is 0 Å². The lowest BCUT2D eigenvalue weighted by Gasteiger charge is -2.36. The number of rotatable bonds is 1. The van der Waals surface area contributed by atoms with Crippen LogP contribution in [-0.2, 0) is 0 Å². The number of hydrogen-bond donors (Lipinski definition) is 1. The average molecular weight is 346 g/mol. The molecule has 3 saturated heterocycles. The molecule has 2 atom stereocenters. The van der Waals surface area contributed by atoms with Crippen molar-refractivity contribution in [3.05, 3.63) is 45.2 Å². The lowest BCUT2D eigenvalue weighted by molar-refractivity contribution is 0.0585. The van der Waals surface area contributed by atoms with Crippen molar-refractivity contribution in [2.75, 3.05) is 26.7 Å². The lowest BCUT2D eigenvalue weighted by Crippen LogP contribution is -2.48. The van der Waals surface area contributed by atoms with Crippen LogP contribution in [0.4, 0.5) is 0 Å². The molecule has 4 heterocycles. The zero-order valence-corrected chi connectivity index (χ0v) is 14.3. The van der Waals surface area contributed by atoms with Crippen LogP contribution in [0.5, 0.6) is 0 Å². The number of carbonyl (C=O) groups excluding carboxylic acids is 1. The van der Waals surface area contributed by atoms with Gasteiger partial charge in [-0.15, -0.1) is 0 Å². The fourth-order valence-corrected chi connectivity index (χ4v) is 4.25. The summed E-state index contributed by atoms with van der Waals surface area (Å²) in [4.78, 5) is 33.0. The highest BCUT2D eigenvalue weighted by molar-refractivity contribution is 6.31. The van der Waals surface area contributed by atoms with Crippen molar-refractivity contribution in [3.8, 4) is 0 Å². The summed E-state index contributed by atoms with van der Waals surface area (Å²) >= 11 is 5.97. The molecular formula is C18H20ClN3O2. The number of halogens is 1. The van der Waals surface area contributed by atoms with Crippen LogP contribution in [0.3, 0.4) is 0 Å². The van der Waals surface area contributed by atoms with Gasteiger partial charge in [-0.05, 0) is 44.0 Å². The normalized spacial score (nSPS) is 24.3. The summed E-state index contributed by atoms with van der Waals surface area (Å²) in [6.45, 7) is 2.64. The standard InChI is InChI=1S/C18H20ClN3O2/c1-21-8-11-2-4-13(10-21)22(9-11)18(24)15-7-20-16-6-12(19)3-5-14(16)17(15)23/h3,5-7,11,13H,2,4,8-10H2,1H3,(H,20,23)/t11-,13+/m1/s1. The molecule has 0 saturated carbocycles. The summed E-state index contributed by atoms with van der Waals surface area (Å²) in [7, 11) is 2.10. The van der Waals surface area contributed by atoms with Crippen molar-refractivity contribution < 1.29 is 4.79 Å². The molecule has 5 rings (SSSR count). The molecule has 0 aliphatic carbocycles. The van der Waals surface area contributed by atoms with Gasteiger partial charge in [-0.1, -0.05) is 11.6 Å². The minimum Gasteiger partial charge on any atom is -0.360 e. The van der Waals surface area contributed by atoms with Crippen LogP contribution in [0, 0.1) is 5.92 Å². The molecule has 3 aliphatic rings. The van der Waals surface area contributed by atoms with E-state index in [0.717, 1.165) is 32.5 Å². The third kappa shape index (κ3) is 2.62. The fourth-order valence-electron chi connectivity index (χ4n) is 4.07. The molecule has 0 spiro atoms. The van der Waals surface area contributed by atoms with E-state index in [1.54, 1.807) is 18.2 Å². The molecular weight excluding hydrogens is 326 g/mol. The first-order chi connectivity index (χ1) is 11.5. The Bertz CT molecular complexity index is 863. The van der Waals surface area contributed by atoms with Crippen LogP contribution in [0.2, 0.25) is 5.02 Å². The van der Waals surface area contributed by atoms with Gasteiger partial charge in [0.05, 0.1) is 5.52 Å². The highest BCUT2D eigenvalue weighted by atomic mass is 35.5. The summed E-state index contributed by atoms with van der Waals surface area (Å²) in [6, 6.07) is 5.25. The minimum absolute atomic E-state index is 0.155. The van der Waals surface area contributed by atoms with E-state index in [4.69, 9.17) is 11.6 Å². The van der Waals surface area contributed by atoms with Gasteiger partial charge in [0.15, 0.2) is 0 Å². The van der Waals surface area contributed by atoms with Gasteiger partial charge >= 0.3 is 0 Å². The molecule has 126 valence electrons. The van der Waals surface area contributed by atoms with Crippen LogP contribution in [0.1, 0.15) is 23.2 Å². The van der Waals surface area contributed by atoms with Gasteiger partial charge in [-0.25, -0.2) is 0 Å². The third-order valence-corrected chi connectivity index (χ3v) is 5.47. The predicted molar refractivity (Wildman–Crippen MR) is 94.6 cm³/mol. The molecule has 1 aromatic carbocycles. The van der Waals surface area contributed by atoms with Crippen molar-refractivity contribution in [1.29, 1.82) is 0 Å². The molecule has 0 unspecified atom stereocenters. The minimum atomic E-state index is -0.223. The van der Waals surface area contributed by atoms with E-state index in [1.165, 1.54) is 6.20 Å². The van der Waals surface area contributed by atoms with Gasteiger partial charge in [0.1, 0.15) is 5.56 Å². The zero-order chi connectivity index (χ0) is 16.8. The Balaban J connectivity index is 1.72.